The van der Waals surface area contributed by atoms with Gasteiger partial charge in [-0.2, -0.15) is 0 Å². The molecule has 1 aromatic heterocycles. The van der Waals surface area contributed by atoms with Crippen molar-refractivity contribution in [1.29, 1.82) is 0 Å². The summed E-state index contributed by atoms with van der Waals surface area (Å²) in [5.41, 5.74) is 4.12. The Morgan fingerprint density at radius 2 is 2.00 bits per heavy atom. The fraction of sp³-hybridized carbons (Fsp3) is 0.667. The highest BCUT2D eigenvalue weighted by Gasteiger charge is 2.29. The molecule has 7 nitrogen and oxygen atoms in total. The van der Waals surface area contributed by atoms with E-state index in [0.717, 1.165) is 64.4 Å². The van der Waals surface area contributed by atoms with E-state index < -0.39 is 0 Å². The molecule has 7 heteroatoms. The Kier molecular flexibility index (Phi) is 5.92. The Morgan fingerprint density at radius 1 is 1.18 bits per heavy atom. The summed E-state index contributed by atoms with van der Waals surface area (Å²) in [7, 11) is 0. The predicted molar refractivity (Wildman–Crippen MR) is 110 cm³/mol. The van der Waals surface area contributed by atoms with Crippen LogP contribution in [0.1, 0.15) is 49.2 Å². The molecule has 3 heterocycles. The Hall–Kier alpha value is -1.99. The molecule has 2 fully saturated rings. The lowest BCUT2D eigenvalue weighted by Gasteiger charge is -2.40. The van der Waals surface area contributed by atoms with Crippen molar-refractivity contribution in [1.82, 2.24) is 25.1 Å². The first-order valence-electron chi connectivity index (χ1n) is 10.6. The number of aryl methyl sites for hydroxylation is 1. The summed E-state index contributed by atoms with van der Waals surface area (Å²) in [5, 5.41) is 12.6. The third-order valence-electron chi connectivity index (χ3n) is 6.32. The van der Waals surface area contributed by atoms with Crippen LogP contribution in [0.25, 0.3) is 0 Å². The maximum atomic E-state index is 5.79. The summed E-state index contributed by atoms with van der Waals surface area (Å²) in [6, 6.07) is 6.86. The number of rotatable bonds is 6. The van der Waals surface area contributed by atoms with E-state index in [1.54, 1.807) is 0 Å². The number of piperazine rings is 1. The van der Waals surface area contributed by atoms with Crippen molar-refractivity contribution < 1.29 is 4.74 Å². The van der Waals surface area contributed by atoms with Crippen LogP contribution in [-0.4, -0.2) is 64.0 Å². The van der Waals surface area contributed by atoms with Crippen molar-refractivity contribution in [3.8, 4) is 0 Å². The van der Waals surface area contributed by atoms with E-state index in [-0.39, 0.29) is 12.1 Å². The second kappa shape index (κ2) is 8.57. The summed E-state index contributed by atoms with van der Waals surface area (Å²) in [6.07, 6.45) is 3.50. The van der Waals surface area contributed by atoms with Crippen LogP contribution in [0.5, 0.6) is 0 Å². The minimum absolute atomic E-state index is 0.251. The van der Waals surface area contributed by atoms with E-state index >= 15 is 0 Å². The molecule has 1 aromatic carbocycles. The van der Waals surface area contributed by atoms with Gasteiger partial charge in [0.05, 0.1) is 18.7 Å². The van der Waals surface area contributed by atoms with Gasteiger partial charge in [-0.25, -0.2) is 4.68 Å². The van der Waals surface area contributed by atoms with Gasteiger partial charge in [-0.15, -0.1) is 5.10 Å². The zero-order valence-electron chi connectivity index (χ0n) is 17.3. The molecule has 0 amide bonds. The van der Waals surface area contributed by atoms with Gasteiger partial charge in [0.2, 0.25) is 0 Å². The standard InChI is InChI=1S/C21H32N6O/c1-4-19(21-22-23-24-27(21)15-18-8-6-14-28-18)25-10-12-26(13-11-25)20-9-5-7-16(2)17(20)3/h5,7,9,18-19H,4,6,8,10-15H2,1-3H3/t18-,19+/m0/s1. The lowest BCUT2D eigenvalue weighted by Crippen LogP contribution is -2.48. The highest BCUT2D eigenvalue weighted by atomic mass is 16.5. The van der Waals surface area contributed by atoms with Crippen LogP contribution < -0.4 is 4.90 Å². The summed E-state index contributed by atoms with van der Waals surface area (Å²) < 4.78 is 7.76. The van der Waals surface area contributed by atoms with Crippen LogP contribution >= 0.6 is 0 Å². The molecule has 0 N–H and O–H groups in total. The van der Waals surface area contributed by atoms with Crippen LogP contribution in [0.2, 0.25) is 0 Å². The molecule has 0 spiro atoms. The van der Waals surface area contributed by atoms with Crippen molar-refractivity contribution in [2.24, 2.45) is 0 Å². The second-order valence-electron chi connectivity index (χ2n) is 8.02. The SMILES string of the molecule is CC[C@H](c1nnnn1C[C@@H]1CCCO1)N1CCN(c2cccc(C)c2C)CC1. The second-order valence-corrected chi connectivity index (χ2v) is 8.02. The fourth-order valence-corrected chi connectivity index (χ4v) is 4.52. The largest absolute Gasteiger partial charge is 0.376 e. The van der Waals surface area contributed by atoms with Crippen molar-refractivity contribution in [2.75, 3.05) is 37.7 Å². The number of ether oxygens (including phenoxy) is 1. The molecule has 0 aliphatic carbocycles. The minimum Gasteiger partial charge on any atom is -0.376 e. The van der Waals surface area contributed by atoms with Gasteiger partial charge in [0.25, 0.3) is 0 Å². The maximum Gasteiger partial charge on any atom is 0.168 e. The summed E-state index contributed by atoms with van der Waals surface area (Å²) in [6.45, 7) is 12.4. The lowest BCUT2D eigenvalue weighted by atomic mass is 10.1. The Balaban J connectivity index is 1.43. The monoisotopic (exact) mass is 384 g/mol. The summed E-state index contributed by atoms with van der Waals surface area (Å²) >= 11 is 0. The summed E-state index contributed by atoms with van der Waals surface area (Å²) in [5.74, 6) is 0.984. The molecule has 2 aliphatic rings. The van der Waals surface area contributed by atoms with E-state index in [2.05, 4.69) is 64.3 Å². The number of nitrogens with zero attached hydrogens (tertiary/aromatic N) is 6. The number of hydrogen-bond donors (Lipinski definition) is 0. The highest BCUT2D eigenvalue weighted by Crippen LogP contribution is 2.28. The number of hydrogen-bond acceptors (Lipinski definition) is 6. The molecule has 0 radical (unpaired) electrons. The molecule has 0 bridgehead atoms. The summed E-state index contributed by atoms with van der Waals surface area (Å²) in [4.78, 5) is 5.06. The van der Waals surface area contributed by atoms with Crippen LogP contribution in [0, 0.1) is 13.8 Å². The van der Waals surface area contributed by atoms with E-state index in [9.17, 15) is 0 Å². The number of anilines is 1. The predicted octanol–water partition coefficient (Wildman–Crippen LogP) is 2.74. The Morgan fingerprint density at radius 3 is 2.71 bits per heavy atom. The van der Waals surface area contributed by atoms with Gasteiger partial charge >= 0.3 is 0 Å². The number of benzene rings is 1. The van der Waals surface area contributed by atoms with E-state index in [1.165, 1.54) is 16.8 Å². The number of aromatic nitrogens is 4. The van der Waals surface area contributed by atoms with E-state index in [0.29, 0.717) is 0 Å². The van der Waals surface area contributed by atoms with Gasteiger partial charge in [-0.1, -0.05) is 19.1 Å². The van der Waals surface area contributed by atoms with E-state index in [1.807, 2.05) is 4.68 Å². The zero-order chi connectivity index (χ0) is 19.5. The third-order valence-corrected chi connectivity index (χ3v) is 6.32. The molecule has 0 unspecified atom stereocenters. The van der Waals surface area contributed by atoms with Crippen LogP contribution in [0.4, 0.5) is 5.69 Å². The van der Waals surface area contributed by atoms with Gasteiger partial charge in [-0.3, -0.25) is 4.90 Å². The molecule has 2 aliphatic heterocycles. The van der Waals surface area contributed by atoms with Crippen molar-refractivity contribution >= 4 is 5.69 Å². The lowest BCUT2D eigenvalue weighted by molar-refractivity contribution is 0.0894. The Labute approximate surface area is 167 Å². The Bertz CT molecular complexity index is 777. The first kappa shape index (κ1) is 19.3. The third kappa shape index (κ3) is 3.91. The fourth-order valence-electron chi connectivity index (χ4n) is 4.52. The average Bonchev–Trinajstić information content (AvgIpc) is 3.38. The van der Waals surface area contributed by atoms with Crippen LogP contribution in [0.15, 0.2) is 18.2 Å². The number of tetrazole rings is 1. The van der Waals surface area contributed by atoms with E-state index in [4.69, 9.17) is 4.74 Å². The van der Waals surface area contributed by atoms with Crippen LogP contribution in [0.3, 0.4) is 0 Å². The average molecular weight is 385 g/mol. The van der Waals surface area contributed by atoms with Gasteiger partial charge < -0.3 is 9.64 Å². The smallest absolute Gasteiger partial charge is 0.168 e. The van der Waals surface area contributed by atoms with Gasteiger partial charge in [-0.05, 0) is 60.7 Å². The first-order valence-corrected chi connectivity index (χ1v) is 10.6. The molecular formula is C21H32N6O. The molecule has 4 rings (SSSR count). The molecule has 0 saturated carbocycles. The van der Waals surface area contributed by atoms with Gasteiger partial charge in [0.15, 0.2) is 5.82 Å². The molecule has 2 saturated heterocycles. The van der Waals surface area contributed by atoms with Gasteiger partial charge in [0, 0.05) is 38.5 Å². The molecule has 28 heavy (non-hydrogen) atoms. The van der Waals surface area contributed by atoms with Crippen LogP contribution in [-0.2, 0) is 11.3 Å². The van der Waals surface area contributed by atoms with Crippen molar-refractivity contribution in [3.05, 3.63) is 35.2 Å². The van der Waals surface area contributed by atoms with Gasteiger partial charge in [0.1, 0.15) is 0 Å². The minimum atomic E-state index is 0.251. The topological polar surface area (TPSA) is 59.3 Å². The normalized spacial score (nSPS) is 22.0. The molecule has 152 valence electrons. The molecule has 2 aromatic rings. The first-order chi connectivity index (χ1) is 13.7. The zero-order valence-corrected chi connectivity index (χ0v) is 17.3. The molecular weight excluding hydrogens is 352 g/mol. The maximum absolute atomic E-state index is 5.79. The van der Waals surface area contributed by atoms with Crippen molar-refractivity contribution in [2.45, 2.75) is 58.7 Å². The quantitative estimate of drug-likeness (QED) is 0.763. The highest BCUT2D eigenvalue weighted by molar-refractivity contribution is 5.56. The molecule has 2 atom stereocenters. The van der Waals surface area contributed by atoms with Crippen molar-refractivity contribution in [3.63, 3.8) is 0 Å².